The number of oxime groups is 1. The van der Waals surface area contributed by atoms with Crippen LogP contribution in [0.25, 0.3) is 0 Å². The zero-order valence-electron chi connectivity index (χ0n) is 12.0. The summed E-state index contributed by atoms with van der Waals surface area (Å²) >= 11 is 0. The third-order valence-corrected chi connectivity index (χ3v) is 3.63. The fourth-order valence-electron chi connectivity index (χ4n) is 2.48. The second-order valence-electron chi connectivity index (χ2n) is 4.73. The first-order valence-electron chi connectivity index (χ1n) is 6.40. The molecule has 21 heavy (non-hydrogen) atoms. The van der Waals surface area contributed by atoms with Gasteiger partial charge in [-0.15, -0.1) is 0 Å². The van der Waals surface area contributed by atoms with Crippen molar-refractivity contribution in [2.75, 3.05) is 20.2 Å². The van der Waals surface area contributed by atoms with E-state index in [0.717, 1.165) is 0 Å². The Kier molecular flexibility index (Phi) is 5.37. The summed E-state index contributed by atoms with van der Waals surface area (Å²) in [5, 5.41) is 14.2. The number of nitrogens with one attached hydrogen (secondary N) is 1. The molecule has 114 valence electrons. The first-order valence-corrected chi connectivity index (χ1v) is 6.40. The van der Waals surface area contributed by atoms with Crippen LogP contribution in [0.15, 0.2) is 5.16 Å². The number of nitrogens with zero attached hydrogens (tertiary/aromatic N) is 3. The minimum absolute atomic E-state index is 0.227. The van der Waals surface area contributed by atoms with Crippen LogP contribution in [-0.2, 0) is 14.4 Å². The summed E-state index contributed by atoms with van der Waals surface area (Å²) in [6, 6.07) is 0.584. The maximum Gasteiger partial charge on any atom is 0.421 e. The minimum atomic E-state index is -0.845. The number of urea groups is 1. The molecule has 3 N–H and O–H groups in total. The first kappa shape index (κ1) is 16.6. The number of carbonyl (C=O) groups is 3. The Labute approximate surface area is 121 Å². The van der Waals surface area contributed by atoms with Crippen molar-refractivity contribution in [3.8, 4) is 6.07 Å². The van der Waals surface area contributed by atoms with E-state index < -0.39 is 34.6 Å². The van der Waals surface area contributed by atoms with Crippen LogP contribution in [0, 0.1) is 11.3 Å². The predicted molar refractivity (Wildman–Crippen MR) is 71.5 cm³/mol. The van der Waals surface area contributed by atoms with Gasteiger partial charge in [0.25, 0.3) is 5.91 Å². The van der Waals surface area contributed by atoms with E-state index in [1.54, 1.807) is 13.0 Å². The second kappa shape index (κ2) is 6.81. The molecule has 1 rings (SSSR count). The molecule has 0 aromatic heterocycles. The van der Waals surface area contributed by atoms with Gasteiger partial charge in [-0.25, -0.2) is 9.59 Å². The maximum absolute atomic E-state index is 12.3. The monoisotopic (exact) mass is 296 g/mol. The van der Waals surface area contributed by atoms with E-state index in [-0.39, 0.29) is 6.04 Å². The molecule has 0 bridgehead atoms. The van der Waals surface area contributed by atoms with Crippen LogP contribution in [0.3, 0.4) is 0 Å². The van der Waals surface area contributed by atoms with Gasteiger partial charge < -0.3 is 15.9 Å². The number of likely N-dealkylation sites (tertiary alicyclic amines) is 1. The van der Waals surface area contributed by atoms with E-state index in [2.05, 4.69) is 15.3 Å². The lowest BCUT2D eigenvalue weighted by atomic mass is 10.2. The summed E-state index contributed by atoms with van der Waals surface area (Å²) in [6.45, 7) is 1.68. The van der Waals surface area contributed by atoms with Crippen molar-refractivity contribution in [1.82, 2.24) is 5.32 Å². The lowest BCUT2D eigenvalue weighted by Gasteiger charge is -2.30. The largest absolute Gasteiger partial charge is 0.421 e. The maximum atomic E-state index is 12.3. The number of nitrogens with two attached hydrogens (primary N) is 1. The Morgan fingerprint density at radius 3 is 2.62 bits per heavy atom. The van der Waals surface area contributed by atoms with Crippen LogP contribution in [0.5, 0.6) is 0 Å². The molecule has 0 aromatic carbocycles. The van der Waals surface area contributed by atoms with Crippen LogP contribution < -0.4 is 11.1 Å². The lowest BCUT2D eigenvalue weighted by molar-refractivity contribution is -0.783. The van der Waals surface area contributed by atoms with E-state index in [1.807, 2.05) is 0 Å². The topological polar surface area (TPSA) is 135 Å². The molecule has 1 unspecified atom stereocenters. The molecule has 1 aliphatic heterocycles. The molecule has 0 radical (unpaired) electrons. The molecule has 1 heterocycles. The first-order chi connectivity index (χ1) is 9.90. The third-order valence-electron chi connectivity index (χ3n) is 3.63. The van der Waals surface area contributed by atoms with Crippen molar-refractivity contribution >= 4 is 23.6 Å². The van der Waals surface area contributed by atoms with Crippen molar-refractivity contribution < 1.29 is 23.7 Å². The summed E-state index contributed by atoms with van der Waals surface area (Å²) < 4.78 is -0.483. The molecule has 1 aliphatic rings. The van der Waals surface area contributed by atoms with E-state index in [1.165, 1.54) is 7.11 Å². The molecule has 4 amide bonds. The van der Waals surface area contributed by atoms with Crippen LogP contribution in [0.2, 0.25) is 0 Å². The van der Waals surface area contributed by atoms with Gasteiger partial charge in [0.15, 0.2) is 0 Å². The molecule has 2 atom stereocenters. The Morgan fingerprint density at radius 2 is 2.19 bits per heavy atom. The van der Waals surface area contributed by atoms with Gasteiger partial charge in [0.1, 0.15) is 25.8 Å². The summed E-state index contributed by atoms with van der Waals surface area (Å²) in [5.74, 6) is -1.35. The molecule has 9 heteroatoms. The van der Waals surface area contributed by atoms with E-state index >= 15 is 0 Å². The molecule has 0 aliphatic carbocycles. The van der Waals surface area contributed by atoms with Gasteiger partial charge in [-0.05, 0) is 6.92 Å². The van der Waals surface area contributed by atoms with Crippen molar-refractivity contribution in [1.29, 1.82) is 5.26 Å². The van der Waals surface area contributed by atoms with Crippen molar-refractivity contribution in [3.05, 3.63) is 0 Å². The van der Waals surface area contributed by atoms with Crippen LogP contribution in [0.1, 0.15) is 19.8 Å². The Balaban J connectivity index is 2.77. The summed E-state index contributed by atoms with van der Waals surface area (Å²) in [6.07, 6.45) is 1.41. The SMILES string of the molecule is CON=C(C#N)C(=O)NCC(=O)[N+]1(C(N)=O)CCC[C@H]1C. The van der Waals surface area contributed by atoms with Gasteiger partial charge in [-0.3, -0.25) is 4.79 Å². The fourth-order valence-corrected chi connectivity index (χ4v) is 2.48. The van der Waals surface area contributed by atoms with Gasteiger partial charge in [0.05, 0.1) is 6.54 Å². The highest BCUT2D eigenvalue weighted by Gasteiger charge is 2.50. The molecule has 1 fully saturated rings. The quantitative estimate of drug-likeness (QED) is 0.399. The Bertz CT molecular complexity index is 524. The Morgan fingerprint density at radius 1 is 1.52 bits per heavy atom. The van der Waals surface area contributed by atoms with Gasteiger partial charge in [-0.2, -0.15) is 9.74 Å². The number of imide groups is 1. The molecule has 0 spiro atoms. The smallest absolute Gasteiger partial charge is 0.398 e. The molecule has 0 aromatic rings. The Hall–Kier alpha value is -2.47. The van der Waals surface area contributed by atoms with Crippen LogP contribution in [-0.4, -0.2) is 54.3 Å². The number of hydrogen-bond donors (Lipinski definition) is 2. The van der Waals surface area contributed by atoms with E-state index in [9.17, 15) is 14.4 Å². The van der Waals surface area contributed by atoms with Gasteiger partial charge >= 0.3 is 11.9 Å². The van der Waals surface area contributed by atoms with Crippen LogP contribution in [0.4, 0.5) is 4.79 Å². The molecule has 0 saturated carbocycles. The van der Waals surface area contributed by atoms with Crippen molar-refractivity contribution in [3.63, 3.8) is 0 Å². The number of carbonyl (C=O) groups excluding carboxylic acids is 3. The average Bonchev–Trinajstić information content (AvgIpc) is 2.84. The van der Waals surface area contributed by atoms with Gasteiger partial charge in [0, 0.05) is 12.8 Å². The summed E-state index contributed by atoms with van der Waals surface area (Å²) in [5.41, 5.74) is 4.86. The van der Waals surface area contributed by atoms with Gasteiger partial charge in [-0.1, -0.05) is 5.16 Å². The highest BCUT2D eigenvalue weighted by atomic mass is 16.6. The standard InChI is InChI=1S/C12H17N5O4/c1-8-4-3-5-17(8,12(14)20)10(18)7-15-11(19)9(6-13)16-21-2/h8H,3-5,7H2,1-2H3,(H2-,14,15,19,20)/p+1/t8-,17?/m1/s1. The highest BCUT2D eigenvalue weighted by molar-refractivity contribution is 6.45. The molecular formula is C12H18N5O4+. The van der Waals surface area contributed by atoms with E-state index in [0.29, 0.717) is 19.4 Å². The number of quaternary nitrogens is 1. The molecule has 1 saturated heterocycles. The number of hydrogen-bond acceptors (Lipinski definition) is 6. The zero-order chi connectivity index (χ0) is 16.0. The fraction of sp³-hybridized carbons (Fsp3) is 0.583. The van der Waals surface area contributed by atoms with Crippen molar-refractivity contribution in [2.24, 2.45) is 10.9 Å². The second-order valence-corrected chi connectivity index (χ2v) is 4.73. The molecule has 9 nitrogen and oxygen atoms in total. The number of amides is 4. The number of nitriles is 1. The molecular weight excluding hydrogens is 278 g/mol. The number of primary amides is 1. The van der Waals surface area contributed by atoms with Crippen molar-refractivity contribution in [2.45, 2.75) is 25.8 Å². The predicted octanol–water partition coefficient (Wildman–Crippen LogP) is -0.767. The summed E-state index contributed by atoms with van der Waals surface area (Å²) in [4.78, 5) is 39.9. The zero-order valence-corrected chi connectivity index (χ0v) is 12.0. The van der Waals surface area contributed by atoms with Gasteiger partial charge in [0.2, 0.25) is 5.71 Å². The normalized spacial score (nSPS) is 25.0. The third kappa shape index (κ3) is 3.17. The number of rotatable bonds is 4. The minimum Gasteiger partial charge on any atom is -0.398 e. The highest BCUT2D eigenvalue weighted by Crippen LogP contribution is 2.26. The average molecular weight is 296 g/mol. The van der Waals surface area contributed by atoms with E-state index in [4.69, 9.17) is 11.0 Å². The lowest BCUT2D eigenvalue weighted by Crippen LogP contribution is -2.63. The summed E-state index contributed by atoms with van der Waals surface area (Å²) in [7, 11) is 1.19. The van der Waals surface area contributed by atoms with Crippen LogP contribution >= 0.6 is 0 Å².